The molecule has 17 heavy (non-hydrogen) atoms. The van der Waals surface area contributed by atoms with Gasteiger partial charge in [0.25, 0.3) is 0 Å². The third-order valence-corrected chi connectivity index (χ3v) is 2.73. The average molecular weight is 252 g/mol. The highest BCUT2D eigenvalue weighted by Crippen LogP contribution is 2.13. The van der Waals surface area contributed by atoms with E-state index < -0.39 is 0 Å². The number of halogens is 1. The van der Waals surface area contributed by atoms with Crippen LogP contribution in [0.5, 0.6) is 0 Å². The van der Waals surface area contributed by atoms with Crippen LogP contribution in [-0.2, 0) is 11.2 Å². The van der Waals surface area contributed by atoms with Crippen molar-refractivity contribution in [3.05, 3.63) is 29.6 Å². The van der Waals surface area contributed by atoms with E-state index >= 15 is 0 Å². The molecule has 0 radical (unpaired) electrons. The molecule has 1 aromatic heterocycles. The topological polar surface area (TPSA) is 57.8 Å². The van der Waals surface area contributed by atoms with Gasteiger partial charge in [0.2, 0.25) is 5.91 Å². The van der Waals surface area contributed by atoms with Crippen LogP contribution >= 0.6 is 11.6 Å². The monoisotopic (exact) mass is 251 g/mol. The highest BCUT2D eigenvalue weighted by molar-refractivity contribution is 6.27. The molecule has 0 unspecified atom stereocenters. The van der Waals surface area contributed by atoms with Crippen LogP contribution in [0.4, 0.5) is 0 Å². The first kappa shape index (κ1) is 11.9. The average Bonchev–Trinajstić information content (AvgIpc) is 2.70. The minimum atomic E-state index is -0.154. The lowest BCUT2D eigenvalue weighted by Gasteiger charge is -1.99. The molecule has 90 valence electrons. The predicted octanol–water partition coefficient (Wildman–Crippen LogP) is 1.77. The second-order valence-electron chi connectivity index (χ2n) is 3.94. The lowest BCUT2D eigenvalue weighted by atomic mass is 10.2. The van der Waals surface area contributed by atoms with Crippen LogP contribution in [-0.4, -0.2) is 28.3 Å². The maximum Gasteiger partial charge on any atom is 0.234 e. The number of aromatic amines is 1. The number of alkyl halides is 1. The molecule has 1 aromatic carbocycles. The Morgan fingerprint density at radius 3 is 3.12 bits per heavy atom. The molecule has 2 rings (SSSR count). The quantitative estimate of drug-likeness (QED) is 0.814. The van der Waals surface area contributed by atoms with E-state index in [9.17, 15) is 4.79 Å². The molecule has 0 saturated heterocycles. The SMILES string of the molecule is Cc1ccc2nc(CCNC(=O)CCl)[nH]c2c1. The molecule has 0 saturated carbocycles. The summed E-state index contributed by atoms with van der Waals surface area (Å²) in [6.07, 6.45) is 0.677. The number of imidazole rings is 1. The number of aromatic nitrogens is 2. The Morgan fingerprint density at radius 1 is 1.53 bits per heavy atom. The molecule has 0 bridgehead atoms. The smallest absolute Gasteiger partial charge is 0.234 e. The van der Waals surface area contributed by atoms with Gasteiger partial charge in [-0.15, -0.1) is 11.6 Å². The minimum Gasteiger partial charge on any atom is -0.355 e. The number of rotatable bonds is 4. The first-order valence-corrected chi connectivity index (χ1v) is 6.00. The van der Waals surface area contributed by atoms with Crippen LogP contribution in [0.3, 0.4) is 0 Å². The maximum atomic E-state index is 10.9. The summed E-state index contributed by atoms with van der Waals surface area (Å²) in [6, 6.07) is 6.08. The third kappa shape index (κ3) is 2.97. The van der Waals surface area contributed by atoms with Crippen molar-refractivity contribution in [3.8, 4) is 0 Å². The van der Waals surface area contributed by atoms with Crippen molar-refractivity contribution in [3.63, 3.8) is 0 Å². The highest BCUT2D eigenvalue weighted by Gasteiger charge is 2.03. The number of hydrogen-bond donors (Lipinski definition) is 2. The van der Waals surface area contributed by atoms with Crippen molar-refractivity contribution in [1.82, 2.24) is 15.3 Å². The Morgan fingerprint density at radius 2 is 2.35 bits per heavy atom. The largest absolute Gasteiger partial charge is 0.355 e. The number of amides is 1. The zero-order valence-electron chi connectivity index (χ0n) is 9.59. The minimum absolute atomic E-state index is 0.000670. The molecule has 0 aliphatic rings. The Kier molecular flexibility index (Phi) is 3.64. The van der Waals surface area contributed by atoms with Gasteiger partial charge in [0.15, 0.2) is 0 Å². The number of nitrogens with zero attached hydrogens (tertiary/aromatic N) is 1. The zero-order valence-corrected chi connectivity index (χ0v) is 10.3. The van der Waals surface area contributed by atoms with Crippen molar-refractivity contribution >= 4 is 28.5 Å². The molecular weight excluding hydrogens is 238 g/mol. The van der Waals surface area contributed by atoms with Crippen molar-refractivity contribution in [2.45, 2.75) is 13.3 Å². The van der Waals surface area contributed by atoms with Gasteiger partial charge >= 0.3 is 0 Å². The van der Waals surface area contributed by atoms with Gasteiger partial charge in [-0.2, -0.15) is 0 Å². The number of aryl methyl sites for hydroxylation is 1. The van der Waals surface area contributed by atoms with E-state index in [1.54, 1.807) is 0 Å². The first-order chi connectivity index (χ1) is 8.19. The molecule has 2 aromatic rings. The second kappa shape index (κ2) is 5.19. The van der Waals surface area contributed by atoms with E-state index in [1.165, 1.54) is 5.56 Å². The standard InChI is InChI=1S/C12H14ClN3O/c1-8-2-3-9-10(6-8)16-11(15-9)4-5-14-12(17)7-13/h2-3,6H,4-5,7H2,1H3,(H,14,17)(H,15,16). The van der Waals surface area contributed by atoms with E-state index in [1.807, 2.05) is 19.1 Å². The molecule has 0 aliphatic heterocycles. The Labute approximate surface area is 104 Å². The molecule has 0 atom stereocenters. The summed E-state index contributed by atoms with van der Waals surface area (Å²) in [7, 11) is 0. The number of fused-ring (bicyclic) bond motifs is 1. The molecule has 1 heterocycles. The first-order valence-electron chi connectivity index (χ1n) is 5.47. The molecule has 1 amide bonds. The number of hydrogen-bond acceptors (Lipinski definition) is 2. The van der Waals surface area contributed by atoms with Crippen molar-refractivity contribution in [2.75, 3.05) is 12.4 Å². The summed E-state index contributed by atoms with van der Waals surface area (Å²) in [5, 5.41) is 2.71. The molecule has 4 nitrogen and oxygen atoms in total. The number of H-pyrrole nitrogens is 1. The fourth-order valence-corrected chi connectivity index (χ4v) is 1.76. The highest BCUT2D eigenvalue weighted by atomic mass is 35.5. The molecule has 5 heteroatoms. The van der Waals surface area contributed by atoms with Gasteiger partial charge in [-0.25, -0.2) is 4.98 Å². The van der Waals surface area contributed by atoms with Gasteiger partial charge in [-0.3, -0.25) is 4.79 Å². The van der Waals surface area contributed by atoms with E-state index in [2.05, 4.69) is 21.4 Å². The Hall–Kier alpha value is -1.55. The van der Waals surface area contributed by atoms with Gasteiger partial charge in [-0.1, -0.05) is 6.07 Å². The van der Waals surface area contributed by atoms with Crippen LogP contribution in [0, 0.1) is 6.92 Å². The van der Waals surface area contributed by atoms with Gasteiger partial charge in [0.05, 0.1) is 11.0 Å². The van der Waals surface area contributed by atoms with E-state index in [0.29, 0.717) is 13.0 Å². The lowest BCUT2D eigenvalue weighted by Crippen LogP contribution is -2.26. The number of benzene rings is 1. The summed E-state index contributed by atoms with van der Waals surface area (Å²) in [5.74, 6) is 0.721. The van der Waals surface area contributed by atoms with E-state index in [0.717, 1.165) is 16.9 Å². The summed E-state index contributed by atoms with van der Waals surface area (Å²) < 4.78 is 0. The summed E-state index contributed by atoms with van der Waals surface area (Å²) in [6.45, 7) is 2.59. The summed E-state index contributed by atoms with van der Waals surface area (Å²) in [5.41, 5.74) is 3.18. The molecule has 2 N–H and O–H groups in total. The van der Waals surface area contributed by atoms with Crippen LogP contribution in [0.15, 0.2) is 18.2 Å². The van der Waals surface area contributed by atoms with Crippen molar-refractivity contribution < 1.29 is 4.79 Å². The lowest BCUT2D eigenvalue weighted by molar-refractivity contribution is -0.118. The van der Waals surface area contributed by atoms with Crippen molar-refractivity contribution in [1.29, 1.82) is 0 Å². The molecule has 0 aliphatic carbocycles. The summed E-state index contributed by atoms with van der Waals surface area (Å²) in [4.78, 5) is 18.6. The van der Waals surface area contributed by atoms with Gasteiger partial charge in [0, 0.05) is 13.0 Å². The van der Waals surface area contributed by atoms with Gasteiger partial charge in [-0.05, 0) is 24.6 Å². The van der Waals surface area contributed by atoms with E-state index in [4.69, 9.17) is 11.6 Å². The second-order valence-corrected chi connectivity index (χ2v) is 4.20. The number of carbonyl (C=O) groups excluding carboxylic acids is 1. The zero-order chi connectivity index (χ0) is 12.3. The van der Waals surface area contributed by atoms with E-state index in [-0.39, 0.29) is 11.8 Å². The number of carbonyl (C=O) groups is 1. The molecule has 0 spiro atoms. The summed E-state index contributed by atoms with van der Waals surface area (Å²) >= 11 is 5.38. The third-order valence-electron chi connectivity index (χ3n) is 2.49. The van der Waals surface area contributed by atoms with Crippen LogP contribution in [0.25, 0.3) is 11.0 Å². The normalized spacial score (nSPS) is 10.7. The molecular formula is C12H14ClN3O. The Balaban J connectivity index is 2.02. The maximum absolute atomic E-state index is 10.9. The predicted molar refractivity (Wildman–Crippen MR) is 68.3 cm³/mol. The Bertz CT molecular complexity index is 536. The molecule has 0 fully saturated rings. The van der Waals surface area contributed by atoms with Crippen LogP contribution < -0.4 is 5.32 Å². The fraction of sp³-hybridized carbons (Fsp3) is 0.333. The number of nitrogens with one attached hydrogen (secondary N) is 2. The fourth-order valence-electron chi connectivity index (χ4n) is 1.66. The van der Waals surface area contributed by atoms with Crippen LogP contribution in [0.1, 0.15) is 11.4 Å². The van der Waals surface area contributed by atoms with Crippen LogP contribution in [0.2, 0.25) is 0 Å². The van der Waals surface area contributed by atoms with Gasteiger partial charge < -0.3 is 10.3 Å². The van der Waals surface area contributed by atoms with Crippen molar-refractivity contribution in [2.24, 2.45) is 0 Å². The van der Waals surface area contributed by atoms with Gasteiger partial charge in [0.1, 0.15) is 11.7 Å².